The van der Waals surface area contributed by atoms with Crippen molar-refractivity contribution in [3.63, 3.8) is 0 Å². The van der Waals surface area contributed by atoms with Gasteiger partial charge < -0.3 is 4.74 Å². The number of benzene rings is 2. The smallest absolute Gasteiger partial charge is 0.215 e. The molecular formula is C16H19NO3S. The highest BCUT2D eigenvalue weighted by atomic mass is 32.2. The van der Waals surface area contributed by atoms with Crippen LogP contribution in [0.3, 0.4) is 0 Å². The molecule has 0 bridgehead atoms. The summed E-state index contributed by atoms with van der Waals surface area (Å²) in [5.41, 5.74) is 1.82. The minimum atomic E-state index is -3.30. The van der Waals surface area contributed by atoms with E-state index in [0.717, 1.165) is 16.9 Å². The summed E-state index contributed by atoms with van der Waals surface area (Å²) in [6.07, 6.45) is 0.630. The van der Waals surface area contributed by atoms with Gasteiger partial charge in [0.2, 0.25) is 10.0 Å². The van der Waals surface area contributed by atoms with Crippen LogP contribution in [-0.2, 0) is 22.2 Å². The summed E-state index contributed by atoms with van der Waals surface area (Å²) in [7, 11) is -1.69. The van der Waals surface area contributed by atoms with E-state index >= 15 is 0 Å². The van der Waals surface area contributed by atoms with E-state index < -0.39 is 10.0 Å². The summed E-state index contributed by atoms with van der Waals surface area (Å²) in [4.78, 5) is 0. The SMILES string of the molecule is COc1cccc(CCNS(=O)(=O)Cc2ccccc2)c1. The van der Waals surface area contributed by atoms with Crippen molar-refractivity contribution >= 4 is 10.0 Å². The van der Waals surface area contributed by atoms with E-state index in [2.05, 4.69) is 4.72 Å². The Morgan fingerprint density at radius 1 is 1.00 bits per heavy atom. The Kier molecular flexibility index (Phi) is 5.36. The highest BCUT2D eigenvalue weighted by molar-refractivity contribution is 7.88. The fourth-order valence-corrected chi connectivity index (χ4v) is 3.17. The lowest BCUT2D eigenvalue weighted by atomic mass is 10.1. The van der Waals surface area contributed by atoms with E-state index in [1.165, 1.54) is 0 Å². The third-order valence-corrected chi connectivity index (χ3v) is 4.43. The van der Waals surface area contributed by atoms with Crippen LogP contribution in [0.2, 0.25) is 0 Å². The van der Waals surface area contributed by atoms with Crippen LogP contribution in [0.4, 0.5) is 0 Å². The largest absolute Gasteiger partial charge is 0.497 e. The molecule has 0 atom stereocenters. The van der Waals surface area contributed by atoms with E-state index in [4.69, 9.17) is 4.74 Å². The first-order valence-electron chi connectivity index (χ1n) is 6.73. The van der Waals surface area contributed by atoms with Crippen molar-refractivity contribution < 1.29 is 13.2 Å². The molecule has 4 nitrogen and oxygen atoms in total. The molecule has 0 heterocycles. The Bertz CT molecular complexity index is 669. The van der Waals surface area contributed by atoms with Crippen LogP contribution in [0.15, 0.2) is 54.6 Å². The second-order valence-corrected chi connectivity index (χ2v) is 6.55. The Hall–Kier alpha value is -1.85. The Morgan fingerprint density at radius 2 is 1.71 bits per heavy atom. The van der Waals surface area contributed by atoms with Crippen molar-refractivity contribution in [3.8, 4) is 5.75 Å². The molecule has 1 N–H and O–H groups in total. The molecule has 0 aromatic heterocycles. The summed E-state index contributed by atoms with van der Waals surface area (Å²) in [6.45, 7) is 0.377. The summed E-state index contributed by atoms with van der Waals surface area (Å²) in [6, 6.07) is 16.8. The molecule has 0 unspecified atom stereocenters. The zero-order valence-electron chi connectivity index (χ0n) is 12.0. The first kappa shape index (κ1) is 15.5. The Morgan fingerprint density at radius 3 is 2.43 bits per heavy atom. The lowest BCUT2D eigenvalue weighted by molar-refractivity contribution is 0.414. The average Bonchev–Trinajstić information content (AvgIpc) is 2.48. The molecule has 2 rings (SSSR count). The predicted octanol–water partition coefficient (Wildman–Crippen LogP) is 2.36. The third-order valence-electron chi connectivity index (χ3n) is 3.07. The Labute approximate surface area is 125 Å². The number of sulfonamides is 1. The van der Waals surface area contributed by atoms with Gasteiger partial charge >= 0.3 is 0 Å². The molecule has 0 amide bonds. The van der Waals surface area contributed by atoms with Crippen molar-refractivity contribution in [2.24, 2.45) is 0 Å². The normalized spacial score (nSPS) is 11.3. The summed E-state index contributed by atoms with van der Waals surface area (Å²) in [5.74, 6) is 0.783. The van der Waals surface area contributed by atoms with Crippen LogP contribution in [0.5, 0.6) is 5.75 Å². The average molecular weight is 305 g/mol. The summed E-state index contributed by atoms with van der Waals surface area (Å²) < 4.78 is 31.7. The van der Waals surface area contributed by atoms with Crippen molar-refractivity contribution in [2.75, 3.05) is 13.7 Å². The van der Waals surface area contributed by atoms with E-state index in [-0.39, 0.29) is 5.75 Å². The monoisotopic (exact) mass is 305 g/mol. The highest BCUT2D eigenvalue weighted by Gasteiger charge is 2.10. The minimum Gasteiger partial charge on any atom is -0.497 e. The zero-order chi connectivity index (χ0) is 15.1. The van der Waals surface area contributed by atoms with E-state index in [1.54, 1.807) is 19.2 Å². The number of nitrogens with one attached hydrogen (secondary N) is 1. The topological polar surface area (TPSA) is 55.4 Å². The van der Waals surface area contributed by atoms with Crippen LogP contribution in [-0.4, -0.2) is 22.1 Å². The first-order valence-corrected chi connectivity index (χ1v) is 8.38. The second kappa shape index (κ2) is 7.24. The van der Waals surface area contributed by atoms with E-state index in [9.17, 15) is 8.42 Å². The lowest BCUT2D eigenvalue weighted by Crippen LogP contribution is -2.27. The molecule has 0 radical (unpaired) electrons. The summed E-state index contributed by atoms with van der Waals surface area (Å²) >= 11 is 0. The predicted molar refractivity (Wildman–Crippen MR) is 83.8 cm³/mol. The van der Waals surface area contributed by atoms with Crippen molar-refractivity contribution in [1.29, 1.82) is 0 Å². The maximum atomic E-state index is 12.0. The summed E-state index contributed by atoms with van der Waals surface area (Å²) in [5, 5.41) is 0. The van der Waals surface area contributed by atoms with Gasteiger partial charge in [-0.2, -0.15) is 0 Å². The number of methoxy groups -OCH3 is 1. The third kappa shape index (κ3) is 5.21. The minimum absolute atomic E-state index is 0.00590. The molecule has 0 aliphatic rings. The molecule has 0 fully saturated rings. The molecule has 2 aromatic rings. The van der Waals surface area contributed by atoms with Gasteiger partial charge in [0.25, 0.3) is 0 Å². The molecule has 5 heteroatoms. The molecule has 2 aromatic carbocycles. The fourth-order valence-electron chi connectivity index (χ4n) is 2.02. The van der Waals surface area contributed by atoms with Crippen LogP contribution >= 0.6 is 0 Å². The van der Waals surface area contributed by atoms with Gasteiger partial charge in [0, 0.05) is 6.54 Å². The first-order chi connectivity index (χ1) is 10.1. The van der Waals surface area contributed by atoms with Gasteiger partial charge in [-0.1, -0.05) is 42.5 Å². The number of hydrogen-bond acceptors (Lipinski definition) is 3. The van der Waals surface area contributed by atoms with Gasteiger partial charge in [-0.05, 0) is 29.7 Å². The van der Waals surface area contributed by atoms with Gasteiger partial charge in [0.05, 0.1) is 12.9 Å². The second-order valence-electron chi connectivity index (χ2n) is 4.74. The van der Waals surface area contributed by atoms with Gasteiger partial charge in [-0.25, -0.2) is 13.1 Å². The van der Waals surface area contributed by atoms with Gasteiger partial charge in [0.15, 0.2) is 0 Å². The standard InChI is InChI=1S/C16H19NO3S/c1-20-16-9-5-8-14(12-16)10-11-17-21(18,19)13-15-6-3-2-4-7-15/h2-9,12,17H,10-11,13H2,1H3. The fraction of sp³-hybridized carbons (Fsp3) is 0.250. The lowest BCUT2D eigenvalue weighted by Gasteiger charge is -2.08. The molecule has 0 saturated heterocycles. The quantitative estimate of drug-likeness (QED) is 0.854. The van der Waals surface area contributed by atoms with E-state index in [0.29, 0.717) is 13.0 Å². The Balaban J connectivity index is 1.87. The number of hydrogen-bond donors (Lipinski definition) is 1. The molecule has 112 valence electrons. The van der Waals surface area contributed by atoms with Crippen LogP contribution in [0.25, 0.3) is 0 Å². The number of rotatable bonds is 7. The zero-order valence-corrected chi connectivity index (χ0v) is 12.8. The van der Waals surface area contributed by atoms with E-state index in [1.807, 2.05) is 42.5 Å². The van der Waals surface area contributed by atoms with Gasteiger partial charge in [0.1, 0.15) is 5.75 Å². The van der Waals surface area contributed by atoms with Crippen LogP contribution < -0.4 is 9.46 Å². The number of ether oxygens (including phenoxy) is 1. The molecule has 21 heavy (non-hydrogen) atoms. The molecule has 0 saturated carbocycles. The molecular weight excluding hydrogens is 286 g/mol. The molecule has 0 spiro atoms. The maximum Gasteiger partial charge on any atom is 0.215 e. The van der Waals surface area contributed by atoms with Gasteiger partial charge in [-0.3, -0.25) is 0 Å². The molecule has 0 aliphatic carbocycles. The molecule has 0 aliphatic heterocycles. The van der Waals surface area contributed by atoms with Crippen molar-refractivity contribution in [1.82, 2.24) is 4.72 Å². The van der Waals surface area contributed by atoms with Crippen LogP contribution in [0, 0.1) is 0 Å². The van der Waals surface area contributed by atoms with Crippen LogP contribution in [0.1, 0.15) is 11.1 Å². The van der Waals surface area contributed by atoms with Gasteiger partial charge in [-0.15, -0.1) is 0 Å². The highest BCUT2D eigenvalue weighted by Crippen LogP contribution is 2.12. The van der Waals surface area contributed by atoms with Crippen molar-refractivity contribution in [2.45, 2.75) is 12.2 Å². The van der Waals surface area contributed by atoms with Crippen molar-refractivity contribution in [3.05, 3.63) is 65.7 Å². The maximum absolute atomic E-state index is 12.0.